The van der Waals surface area contributed by atoms with Crippen LogP contribution in [0.1, 0.15) is 5.56 Å². The summed E-state index contributed by atoms with van der Waals surface area (Å²) in [7, 11) is 0. The summed E-state index contributed by atoms with van der Waals surface area (Å²) in [5, 5.41) is 0.697. The van der Waals surface area contributed by atoms with Gasteiger partial charge in [-0.25, -0.2) is 0 Å². The molecule has 0 spiro atoms. The third kappa shape index (κ3) is 1.99. The molecule has 0 unspecified atom stereocenters. The van der Waals surface area contributed by atoms with E-state index in [-0.39, 0.29) is 6.67 Å². The Morgan fingerprint density at radius 2 is 1.80 bits per heavy atom. The number of halogens is 2. The second-order valence-corrected chi connectivity index (χ2v) is 2.50. The Balaban J connectivity index is 2.69. The van der Waals surface area contributed by atoms with Crippen LogP contribution in [0.25, 0.3) is 0 Å². The van der Waals surface area contributed by atoms with E-state index in [9.17, 15) is 4.39 Å². The quantitative estimate of drug-likeness (QED) is 0.621. The topological polar surface area (TPSA) is 0 Å². The van der Waals surface area contributed by atoms with E-state index in [1.165, 1.54) is 0 Å². The molecule has 0 heterocycles. The van der Waals surface area contributed by atoms with Gasteiger partial charge in [0.15, 0.2) is 0 Å². The zero-order chi connectivity index (χ0) is 7.40. The monoisotopic (exact) mass is 158 g/mol. The molecule has 1 aromatic rings. The normalized spacial score (nSPS) is 9.80. The number of benzene rings is 1. The lowest BCUT2D eigenvalue weighted by Crippen LogP contribution is -1.84. The third-order valence-electron chi connectivity index (χ3n) is 1.30. The number of rotatable bonds is 2. The second-order valence-electron chi connectivity index (χ2n) is 2.07. The Kier molecular flexibility index (Phi) is 2.69. The number of alkyl halides is 1. The molecule has 0 saturated carbocycles. The predicted molar refractivity (Wildman–Crippen MR) is 41.1 cm³/mol. The van der Waals surface area contributed by atoms with Gasteiger partial charge in [-0.15, -0.1) is 0 Å². The van der Waals surface area contributed by atoms with Gasteiger partial charge >= 0.3 is 0 Å². The highest BCUT2D eigenvalue weighted by Crippen LogP contribution is 2.09. The van der Waals surface area contributed by atoms with Crippen LogP contribution >= 0.6 is 11.6 Å². The van der Waals surface area contributed by atoms with E-state index in [0.29, 0.717) is 11.4 Å². The molecule has 1 rings (SSSR count). The Hall–Kier alpha value is -0.560. The van der Waals surface area contributed by atoms with E-state index in [1.54, 1.807) is 12.1 Å². The van der Waals surface area contributed by atoms with Gasteiger partial charge in [0.25, 0.3) is 0 Å². The zero-order valence-corrected chi connectivity index (χ0v) is 6.24. The van der Waals surface area contributed by atoms with Crippen LogP contribution in [0.3, 0.4) is 0 Å². The van der Waals surface area contributed by atoms with Crippen molar-refractivity contribution in [1.82, 2.24) is 0 Å². The van der Waals surface area contributed by atoms with Gasteiger partial charge in [0.1, 0.15) is 0 Å². The lowest BCUT2D eigenvalue weighted by atomic mass is 10.2. The fourth-order valence-electron chi connectivity index (χ4n) is 0.760. The average Bonchev–Trinajstić information content (AvgIpc) is 1.95. The molecule has 0 atom stereocenters. The maximum atomic E-state index is 11.7. The smallest absolute Gasteiger partial charge is 0.0934 e. The highest BCUT2D eigenvalue weighted by Gasteiger charge is 1.90. The van der Waals surface area contributed by atoms with Gasteiger partial charge in [-0.05, 0) is 17.7 Å². The van der Waals surface area contributed by atoms with Crippen molar-refractivity contribution in [2.45, 2.75) is 6.42 Å². The standard InChI is InChI=1S/C8H8ClF/c9-8-3-1-7(2-4-8)5-6-10/h1-4H,5-6H2. The van der Waals surface area contributed by atoms with Crippen LogP contribution in [-0.4, -0.2) is 6.67 Å². The molecule has 0 aliphatic carbocycles. The molecule has 54 valence electrons. The lowest BCUT2D eigenvalue weighted by Gasteiger charge is -1.94. The van der Waals surface area contributed by atoms with Crippen molar-refractivity contribution in [1.29, 1.82) is 0 Å². The molecule has 0 saturated heterocycles. The first kappa shape index (κ1) is 7.55. The summed E-state index contributed by atoms with van der Waals surface area (Å²) in [6.45, 7) is -0.304. The molecule has 0 bridgehead atoms. The molecule has 0 amide bonds. The molecule has 0 aliphatic heterocycles. The van der Waals surface area contributed by atoms with Gasteiger partial charge in [-0.3, -0.25) is 4.39 Å². The Morgan fingerprint density at radius 1 is 1.20 bits per heavy atom. The third-order valence-corrected chi connectivity index (χ3v) is 1.55. The minimum Gasteiger partial charge on any atom is -0.251 e. The van der Waals surface area contributed by atoms with Crippen molar-refractivity contribution >= 4 is 11.6 Å². The second kappa shape index (κ2) is 3.57. The highest BCUT2D eigenvalue weighted by molar-refractivity contribution is 6.30. The SMILES string of the molecule is FCCc1ccc(Cl)cc1. The van der Waals surface area contributed by atoms with Crippen LogP contribution in [0.15, 0.2) is 24.3 Å². The molecule has 0 N–H and O–H groups in total. The van der Waals surface area contributed by atoms with Gasteiger partial charge in [-0.2, -0.15) is 0 Å². The summed E-state index contributed by atoms with van der Waals surface area (Å²) >= 11 is 5.62. The Morgan fingerprint density at radius 3 is 2.30 bits per heavy atom. The Labute approximate surface area is 64.6 Å². The predicted octanol–water partition coefficient (Wildman–Crippen LogP) is 2.85. The van der Waals surface area contributed by atoms with Crippen LogP contribution in [0.5, 0.6) is 0 Å². The van der Waals surface area contributed by atoms with Crippen molar-refractivity contribution in [3.8, 4) is 0 Å². The van der Waals surface area contributed by atoms with E-state index in [1.807, 2.05) is 12.1 Å². The summed E-state index contributed by atoms with van der Waals surface area (Å²) < 4.78 is 11.7. The lowest BCUT2D eigenvalue weighted by molar-refractivity contribution is 0.495. The highest BCUT2D eigenvalue weighted by atomic mass is 35.5. The van der Waals surface area contributed by atoms with Gasteiger partial charge in [0.2, 0.25) is 0 Å². The van der Waals surface area contributed by atoms with E-state index in [2.05, 4.69) is 0 Å². The molecule has 0 aromatic heterocycles. The first-order valence-corrected chi connectivity index (χ1v) is 3.51. The molecular formula is C8H8ClF. The maximum Gasteiger partial charge on any atom is 0.0934 e. The van der Waals surface area contributed by atoms with Gasteiger partial charge in [0, 0.05) is 11.4 Å². The van der Waals surface area contributed by atoms with Crippen LogP contribution in [-0.2, 0) is 6.42 Å². The molecule has 0 radical (unpaired) electrons. The minimum atomic E-state index is -0.304. The summed E-state index contributed by atoms with van der Waals surface area (Å²) in [5.41, 5.74) is 0.993. The largest absolute Gasteiger partial charge is 0.251 e. The van der Waals surface area contributed by atoms with Crippen LogP contribution in [0.4, 0.5) is 4.39 Å². The number of aryl methyl sites for hydroxylation is 1. The maximum absolute atomic E-state index is 11.7. The summed E-state index contributed by atoms with van der Waals surface area (Å²) in [4.78, 5) is 0. The van der Waals surface area contributed by atoms with E-state index in [0.717, 1.165) is 5.56 Å². The van der Waals surface area contributed by atoms with Crippen molar-refractivity contribution in [2.75, 3.05) is 6.67 Å². The van der Waals surface area contributed by atoms with Crippen molar-refractivity contribution < 1.29 is 4.39 Å². The van der Waals surface area contributed by atoms with Gasteiger partial charge in [-0.1, -0.05) is 23.7 Å². The molecule has 1 aromatic carbocycles. The number of hydrogen-bond acceptors (Lipinski definition) is 0. The fourth-order valence-corrected chi connectivity index (χ4v) is 0.886. The minimum absolute atomic E-state index is 0.304. The van der Waals surface area contributed by atoms with Crippen molar-refractivity contribution in [3.63, 3.8) is 0 Å². The van der Waals surface area contributed by atoms with Crippen molar-refractivity contribution in [2.24, 2.45) is 0 Å². The number of hydrogen-bond donors (Lipinski definition) is 0. The fraction of sp³-hybridized carbons (Fsp3) is 0.250. The van der Waals surface area contributed by atoms with E-state index < -0.39 is 0 Å². The average molecular weight is 159 g/mol. The first-order chi connectivity index (χ1) is 4.83. The van der Waals surface area contributed by atoms with Gasteiger partial charge < -0.3 is 0 Å². The van der Waals surface area contributed by atoms with Crippen molar-refractivity contribution in [3.05, 3.63) is 34.9 Å². The van der Waals surface area contributed by atoms with Crippen LogP contribution < -0.4 is 0 Å². The molecular weight excluding hydrogens is 151 g/mol. The Bertz CT molecular complexity index is 193. The molecule has 2 heteroatoms. The zero-order valence-electron chi connectivity index (χ0n) is 5.48. The summed E-state index contributed by atoms with van der Waals surface area (Å²) in [6, 6.07) is 7.21. The van der Waals surface area contributed by atoms with E-state index in [4.69, 9.17) is 11.6 Å². The van der Waals surface area contributed by atoms with Crippen LogP contribution in [0.2, 0.25) is 5.02 Å². The molecule has 0 fully saturated rings. The molecule has 0 aliphatic rings. The van der Waals surface area contributed by atoms with Crippen LogP contribution in [0, 0.1) is 0 Å². The summed E-state index contributed by atoms with van der Waals surface area (Å²) in [6.07, 6.45) is 0.483. The summed E-state index contributed by atoms with van der Waals surface area (Å²) in [5.74, 6) is 0. The van der Waals surface area contributed by atoms with Gasteiger partial charge in [0.05, 0.1) is 6.67 Å². The molecule has 0 nitrogen and oxygen atoms in total. The first-order valence-electron chi connectivity index (χ1n) is 3.13. The molecule has 10 heavy (non-hydrogen) atoms. The van der Waals surface area contributed by atoms with E-state index >= 15 is 0 Å².